The Bertz CT molecular complexity index is 2210. The minimum atomic E-state index is -4.01. The highest BCUT2D eigenvalue weighted by Crippen LogP contribution is 2.57. The highest BCUT2D eigenvalue weighted by atomic mass is 31.1. The van der Waals surface area contributed by atoms with Crippen LogP contribution in [0.2, 0.25) is 0 Å². The van der Waals surface area contributed by atoms with Crippen molar-refractivity contribution in [3.05, 3.63) is 142 Å². The lowest BCUT2D eigenvalue weighted by molar-refractivity contribution is -0.287. The molecule has 0 saturated heterocycles. The van der Waals surface area contributed by atoms with Crippen LogP contribution in [-0.2, 0) is 0 Å². The van der Waals surface area contributed by atoms with E-state index >= 15 is 17.6 Å². The molecule has 2 aliphatic heterocycles. The van der Waals surface area contributed by atoms with Gasteiger partial charge in [-0.25, -0.2) is 0 Å². The number of hydrogen-bond acceptors (Lipinski definition) is 4. The van der Waals surface area contributed by atoms with E-state index in [1.165, 1.54) is 12.1 Å². The quantitative estimate of drug-likeness (QED) is 0.119. The van der Waals surface area contributed by atoms with Gasteiger partial charge in [-0.2, -0.15) is 0 Å². The van der Waals surface area contributed by atoms with Crippen molar-refractivity contribution in [3.63, 3.8) is 0 Å². The van der Waals surface area contributed by atoms with E-state index in [0.29, 0.717) is 10.6 Å². The molecule has 8 rings (SSSR count). The number of ether oxygens (including phenoxy) is 4. The van der Waals surface area contributed by atoms with Gasteiger partial charge >= 0.3 is 12.6 Å². The molecule has 10 heteroatoms. The van der Waals surface area contributed by atoms with Gasteiger partial charge in [0.25, 0.3) is 0 Å². The average Bonchev–Trinajstić information content (AvgIpc) is 3.56. The molecule has 0 bridgehead atoms. The molecule has 0 fully saturated rings. The van der Waals surface area contributed by atoms with Gasteiger partial charge in [-0.3, -0.25) is 0 Å². The maximum absolute atomic E-state index is 15.4. The van der Waals surface area contributed by atoms with Crippen LogP contribution >= 0.6 is 15.8 Å². The summed E-state index contributed by atoms with van der Waals surface area (Å²) < 4.78 is 82.6. The van der Waals surface area contributed by atoms with Gasteiger partial charge in [-0.15, -0.1) is 17.6 Å². The predicted molar refractivity (Wildman–Crippen MR) is 220 cm³/mol. The van der Waals surface area contributed by atoms with Crippen molar-refractivity contribution < 1.29 is 36.5 Å². The summed E-state index contributed by atoms with van der Waals surface area (Å²) in [7, 11) is -3.08. The number of hydrogen-bond donors (Lipinski definition) is 0. The van der Waals surface area contributed by atoms with Crippen molar-refractivity contribution in [2.24, 2.45) is 0 Å². The van der Waals surface area contributed by atoms with Crippen LogP contribution in [-0.4, -0.2) is 12.6 Å². The summed E-state index contributed by atoms with van der Waals surface area (Å²) >= 11 is 0. The van der Waals surface area contributed by atoms with Gasteiger partial charge in [0, 0.05) is 11.1 Å². The van der Waals surface area contributed by atoms with Gasteiger partial charge in [0.15, 0.2) is 23.0 Å². The maximum Gasteiger partial charge on any atom is 0.586 e. The molecule has 0 aromatic heterocycles. The first kappa shape index (κ1) is 38.0. The van der Waals surface area contributed by atoms with Crippen LogP contribution in [0, 0.1) is 55.4 Å². The fourth-order valence-corrected chi connectivity index (χ4v) is 13.7. The lowest BCUT2D eigenvalue weighted by atomic mass is 10.0. The maximum atomic E-state index is 15.4. The Hall–Kier alpha value is -4.90. The zero-order valence-corrected chi connectivity index (χ0v) is 34.1. The second-order valence-electron chi connectivity index (χ2n) is 15.0. The summed E-state index contributed by atoms with van der Waals surface area (Å²) in [6.07, 6.45) is -8.02. The Balaban J connectivity index is 1.54. The Labute approximate surface area is 326 Å². The van der Waals surface area contributed by atoms with Crippen molar-refractivity contribution in [1.29, 1.82) is 0 Å². The van der Waals surface area contributed by atoms with Gasteiger partial charge in [-0.1, -0.05) is 117 Å². The molecule has 0 atom stereocenters. The highest BCUT2D eigenvalue weighted by molar-refractivity contribution is 7.80. The number of halogens is 4. The van der Waals surface area contributed by atoms with Crippen molar-refractivity contribution in [3.8, 4) is 34.1 Å². The number of benzene rings is 6. The first-order valence-electron chi connectivity index (χ1n) is 18.2. The molecule has 56 heavy (non-hydrogen) atoms. The minimum absolute atomic E-state index is 0.193. The minimum Gasteiger partial charge on any atom is -0.395 e. The van der Waals surface area contributed by atoms with Gasteiger partial charge in [-0.05, 0) is 127 Å². The zero-order valence-electron chi connectivity index (χ0n) is 32.3. The molecule has 6 aromatic carbocycles. The molecule has 0 spiro atoms. The van der Waals surface area contributed by atoms with Crippen LogP contribution in [0.5, 0.6) is 23.0 Å². The number of alkyl halides is 4. The van der Waals surface area contributed by atoms with Crippen molar-refractivity contribution in [2.75, 3.05) is 0 Å². The van der Waals surface area contributed by atoms with E-state index in [2.05, 4.69) is 72.8 Å². The smallest absolute Gasteiger partial charge is 0.395 e. The van der Waals surface area contributed by atoms with Crippen LogP contribution in [0.1, 0.15) is 44.5 Å². The van der Waals surface area contributed by atoms with E-state index in [9.17, 15) is 0 Å². The molecular weight excluding hydrogens is 754 g/mol. The third-order valence-corrected chi connectivity index (χ3v) is 14.5. The zero-order chi connectivity index (χ0) is 39.8. The molecule has 0 N–H and O–H groups in total. The van der Waals surface area contributed by atoms with Crippen LogP contribution in [0.15, 0.2) is 97.1 Å². The van der Waals surface area contributed by atoms with Crippen LogP contribution in [0.3, 0.4) is 0 Å². The number of aryl methyl sites for hydroxylation is 8. The standard InChI is InChI=1S/C46H40F4O4P2/c1-25-13-26(2)18-33(17-25)55(34-19-27(3)14-28(4)20-34)39-11-9-37-43(53-45(47,48)51-37)41(39)42-40(12-10-38-44(42)54-46(49,50)52-38)56(35-21-29(5)15-30(6)22-35)36-23-31(7)16-32(8)24-36/h9-24H,1-8H3. The number of rotatable bonds is 7. The predicted octanol–water partition coefficient (Wildman–Crippen LogP) is 9.98. The van der Waals surface area contributed by atoms with Crippen LogP contribution in [0.4, 0.5) is 17.6 Å². The highest BCUT2D eigenvalue weighted by Gasteiger charge is 2.50. The van der Waals surface area contributed by atoms with E-state index in [0.717, 1.165) is 65.7 Å². The third kappa shape index (κ3) is 7.26. The van der Waals surface area contributed by atoms with E-state index < -0.39 is 28.4 Å². The summed E-state index contributed by atoms with van der Waals surface area (Å²) in [6, 6.07) is 31.6. The fraction of sp³-hybridized carbons (Fsp3) is 0.217. The average molecular weight is 795 g/mol. The fourth-order valence-electron chi connectivity index (χ4n) is 8.03. The Kier molecular flexibility index (Phi) is 9.45. The van der Waals surface area contributed by atoms with Crippen LogP contribution < -0.4 is 50.8 Å². The van der Waals surface area contributed by atoms with Gasteiger partial charge < -0.3 is 18.9 Å². The first-order chi connectivity index (χ1) is 26.4. The molecule has 0 unspecified atom stereocenters. The topological polar surface area (TPSA) is 36.9 Å². The Morgan fingerprint density at radius 1 is 0.357 bits per heavy atom. The van der Waals surface area contributed by atoms with E-state index in [1.807, 2.05) is 55.4 Å². The van der Waals surface area contributed by atoms with Gasteiger partial charge in [0.1, 0.15) is 0 Å². The monoisotopic (exact) mass is 794 g/mol. The first-order valence-corrected chi connectivity index (χ1v) is 20.9. The molecule has 0 amide bonds. The van der Waals surface area contributed by atoms with E-state index in [-0.39, 0.29) is 34.1 Å². The van der Waals surface area contributed by atoms with Gasteiger partial charge in [0.2, 0.25) is 0 Å². The second-order valence-corrected chi connectivity index (χ2v) is 19.3. The second kappa shape index (κ2) is 13.9. The summed E-state index contributed by atoms with van der Waals surface area (Å²) in [5.74, 6) is -0.919. The molecule has 0 saturated carbocycles. The number of fused-ring (bicyclic) bond motifs is 2. The molecule has 0 aliphatic carbocycles. The normalized spacial score (nSPS) is 14.9. The molecule has 286 valence electrons. The van der Waals surface area contributed by atoms with Crippen LogP contribution in [0.25, 0.3) is 11.1 Å². The summed E-state index contributed by atoms with van der Waals surface area (Å²) in [6.45, 7) is 16.1. The molecule has 4 nitrogen and oxygen atoms in total. The third-order valence-electron chi connectivity index (χ3n) is 9.69. The van der Waals surface area contributed by atoms with Crippen molar-refractivity contribution in [1.82, 2.24) is 0 Å². The van der Waals surface area contributed by atoms with Crippen molar-refractivity contribution >= 4 is 47.7 Å². The molecule has 0 radical (unpaired) electrons. The Morgan fingerprint density at radius 3 is 0.857 bits per heavy atom. The van der Waals surface area contributed by atoms with E-state index in [4.69, 9.17) is 18.9 Å². The molecule has 6 aromatic rings. The largest absolute Gasteiger partial charge is 0.586 e. The molecule has 2 aliphatic rings. The lowest BCUT2D eigenvalue weighted by Gasteiger charge is -2.28. The lowest BCUT2D eigenvalue weighted by Crippen LogP contribution is -2.29. The summed E-state index contributed by atoms with van der Waals surface area (Å²) in [5.41, 5.74) is 8.58. The van der Waals surface area contributed by atoms with Gasteiger partial charge in [0.05, 0.1) is 0 Å². The summed E-state index contributed by atoms with van der Waals surface area (Å²) in [5, 5.41) is 5.04. The molecule has 2 heterocycles. The molecular formula is C46H40F4O4P2. The SMILES string of the molecule is Cc1cc(C)cc(P(c2cc(C)cc(C)c2)c2ccc3c(c2-c2c(P(c4cc(C)cc(C)c4)c4cc(C)cc(C)c4)ccc4c2OC(F)(F)O4)OC(F)(F)O3)c1. The Morgan fingerprint density at radius 2 is 0.607 bits per heavy atom. The van der Waals surface area contributed by atoms with E-state index in [1.54, 1.807) is 12.1 Å². The summed E-state index contributed by atoms with van der Waals surface area (Å²) in [4.78, 5) is 0. The van der Waals surface area contributed by atoms with Crippen molar-refractivity contribution in [2.45, 2.75) is 68.0 Å².